The Morgan fingerprint density at radius 3 is 2.48 bits per heavy atom. The molecular formula is C23H31ClF3N3O3. The number of rotatable bonds is 4. The molecule has 0 radical (unpaired) electrons. The van der Waals surface area contributed by atoms with Gasteiger partial charge in [-0.1, -0.05) is 17.7 Å². The molecule has 0 saturated carbocycles. The molecule has 0 aromatic heterocycles. The van der Waals surface area contributed by atoms with Gasteiger partial charge >= 0.3 is 12.3 Å². The first kappa shape index (κ1) is 24.4. The summed E-state index contributed by atoms with van der Waals surface area (Å²) in [6, 6.07) is 6.05. The third-order valence-corrected chi connectivity index (χ3v) is 7.37. The quantitative estimate of drug-likeness (QED) is 0.621. The minimum absolute atomic E-state index is 0.0952. The monoisotopic (exact) mass is 489 g/mol. The van der Waals surface area contributed by atoms with Gasteiger partial charge in [0, 0.05) is 50.0 Å². The predicted octanol–water partition coefficient (Wildman–Crippen LogP) is 4.55. The van der Waals surface area contributed by atoms with Crippen LogP contribution in [-0.2, 0) is 16.0 Å². The number of morpholine rings is 1. The lowest BCUT2D eigenvalue weighted by Crippen LogP contribution is -2.46. The van der Waals surface area contributed by atoms with Gasteiger partial charge in [-0.2, -0.15) is 13.2 Å². The fourth-order valence-electron chi connectivity index (χ4n) is 5.04. The van der Waals surface area contributed by atoms with E-state index in [0.29, 0.717) is 26.3 Å². The average molecular weight is 490 g/mol. The van der Waals surface area contributed by atoms with Crippen molar-refractivity contribution >= 4 is 23.4 Å². The first-order valence-corrected chi connectivity index (χ1v) is 11.9. The fraction of sp³-hybridized carbons (Fsp3) is 0.696. The van der Waals surface area contributed by atoms with Gasteiger partial charge in [-0.15, -0.1) is 0 Å². The number of ether oxygens (including phenoxy) is 2. The molecule has 3 aliphatic heterocycles. The zero-order chi connectivity index (χ0) is 23.6. The van der Waals surface area contributed by atoms with E-state index in [4.69, 9.17) is 16.3 Å². The molecule has 10 heteroatoms. The second kappa shape index (κ2) is 9.88. The van der Waals surface area contributed by atoms with Crippen LogP contribution in [0.4, 0.5) is 23.7 Å². The van der Waals surface area contributed by atoms with E-state index in [1.54, 1.807) is 0 Å². The maximum atomic E-state index is 12.7. The number of carbonyl (C=O) groups is 1. The van der Waals surface area contributed by atoms with Crippen molar-refractivity contribution in [3.05, 3.63) is 28.8 Å². The Kier molecular flexibility index (Phi) is 7.31. The molecule has 3 heterocycles. The molecule has 3 aliphatic rings. The van der Waals surface area contributed by atoms with Crippen LogP contribution in [-0.4, -0.2) is 80.7 Å². The molecule has 0 N–H and O–H groups in total. The number of carbonyl (C=O) groups excluding carboxylic acids is 1. The summed E-state index contributed by atoms with van der Waals surface area (Å²) >= 11 is 6.29. The maximum absolute atomic E-state index is 12.7. The number of amides is 1. The maximum Gasteiger partial charge on any atom is 0.425 e. The lowest BCUT2D eigenvalue weighted by molar-refractivity contribution is -0.200. The zero-order valence-corrected chi connectivity index (χ0v) is 19.6. The number of halogens is 4. The molecule has 1 atom stereocenters. The van der Waals surface area contributed by atoms with E-state index in [0.717, 1.165) is 69.6 Å². The zero-order valence-electron chi connectivity index (χ0n) is 18.9. The molecule has 3 saturated heterocycles. The first-order valence-electron chi connectivity index (χ1n) is 11.5. The molecule has 1 amide bonds. The Morgan fingerprint density at radius 2 is 1.82 bits per heavy atom. The second-order valence-electron chi connectivity index (χ2n) is 9.39. The van der Waals surface area contributed by atoms with Gasteiger partial charge in [0.1, 0.15) is 0 Å². The van der Waals surface area contributed by atoms with Crippen LogP contribution in [0.2, 0.25) is 5.02 Å². The highest BCUT2D eigenvalue weighted by Gasteiger charge is 2.44. The van der Waals surface area contributed by atoms with E-state index in [1.807, 2.05) is 12.1 Å². The summed E-state index contributed by atoms with van der Waals surface area (Å²) in [5.74, 6) is 0. The smallest absolute Gasteiger partial charge is 0.425 e. The van der Waals surface area contributed by atoms with E-state index in [9.17, 15) is 18.0 Å². The van der Waals surface area contributed by atoms with Crippen molar-refractivity contribution in [2.24, 2.45) is 5.41 Å². The van der Waals surface area contributed by atoms with E-state index >= 15 is 0 Å². The van der Waals surface area contributed by atoms with Gasteiger partial charge in [0.25, 0.3) is 0 Å². The highest BCUT2D eigenvalue weighted by molar-refractivity contribution is 6.30. The van der Waals surface area contributed by atoms with Crippen LogP contribution in [0.1, 0.15) is 31.7 Å². The molecule has 1 unspecified atom stereocenters. The molecule has 3 fully saturated rings. The van der Waals surface area contributed by atoms with Crippen molar-refractivity contribution in [2.45, 2.75) is 45.0 Å². The van der Waals surface area contributed by atoms with Gasteiger partial charge in [0.2, 0.25) is 0 Å². The lowest BCUT2D eigenvalue weighted by Gasteiger charge is -2.39. The summed E-state index contributed by atoms with van der Waals surface area (Å²) in [7, 11) is 0. The highest BCUT2D eigenvalue weighted by Crippen LogP contribution is 2.41. The normalized spacial score (nSPS) is 22.6. The third-order valence-electron chi connectivity index (χ3n) is 7.13. The molecular weight excluding hydrogens is 459 g/mol. The Balaban J connectivity index is 1.33. The minimum Gasteiger partial charge on any atom is -0.437 e. The van der Waals surface area contributed by atoms with Crippen molar-refractivity contribution in [1.29, 1.82) is 0 Å². The number of alkyl halides is 3. The van der Waals surface area contributed by atoms with Gasteiger partial charge in [-0.05, 0) is 55.8 Å². The second-order valence-corrected chi connectivity index (χ2v) is 9.82. The number of likely N-dealkylation sites (tertiary alicyclic amines) is 2. The lowest BCUT2D eigenvalue weighted by atomic mass is 9.78. The molecule has 6 nitrogen and oxygen atoms in total. The Labute approximate surface area is 197 Å². The molecule has 1 spiro atoms. The van der Waals surface area contributed by atoms with Crippen LogP contribution < -0.4 is 4.90 Å². The van der Waals surface area contributed by atoms with E-state index in [1.165, 1.54) is 10.5 Å². The number of hydrogen-bond donors (Lipinski definition) is 0. The minimum atomic E-state index is -4.54. The van der Waals surface area contributed by atoms with E-state index in [-0.39, 0.29) is 5.41 Å². The average Bonchev–Trinajstić information content (AvgIpc) is 3.17. The predicted molar refractivity (Wildman–Crippen MR) is 120 cm³/mol. The van der Waals surface area contributed by atoms with Crippen molar-refractivity contribution in [1.82, 2.24) is 9.80 Å². The summed E-state index contributed by atoms with van der Waals surface area (Å²) in [5, 5.41) is 0.720. The standard InChI is InChI=1S/C23H31ClF3N3O3/c1-17(23(25,26)27)33-21(31)30-8-5-22(6-9-30)4-7-28(16-22)15-18-2-3-19(24)14-20(18)29-10-12-32-13-11-29/h2-3,14,17H,4-13,15-16H2,1H3. The Morgan fingerprint density at radius 1 is 1.15 bits per heavy atom. The largest absolute Gasteiger partial charge is 0.437 e. The van der Waals surface area contributed by atoms with Crippen molar-refractivity contribution in [3.8, 4) is 0 Å². The van der Waals surface area contributed by atoms with Gasteiger partial charge in [-0.25, -0.2) is 4.79 Å². The molecule has 4 rings (SSSR count). The van der Waals surface area contributed by atoms with Gasteiger partial charge in [0.05, 0.1) is 13.2 Å². The molecule has 33 heavy (non-hydrogen) atoms. The first-order chi connectivity index (χ1) is 15.7. The van der Waals surface area contributed by atoms with Gasteiger partial charge in [0.15, 0.2) is 6.10 Å². The topological polar surface area (TPSA) is 45.2 Å². The van der Waals surface area contributed by atoms with Crippen LogP contribution in [0.15, 0.2) is 18.2 Å². The molecule has 1 aromatic carbocycles. The number of piperidine rings is 1. The molecule has 0 bridgehead atoms. The highest BCUT2D eigenvalue weighted by atomic mass is 35.5. The van der Waals surface area contributed by atoms with Crippen LogP contribution in [0.3, 0.4) is 0 Å². The fourth-order valence-corrected chi connectivity index (χ4v) is 5.20. The van der Waals surface area contributed by atoms with Crippen molar-refractivity contribution in [3.63, 3.8) is 0 Å². The van der Waals surface area contributed by atoms with Gasteiger partial charge in [-0.3, -0.25) is 4.90 Å². The van der Waals surface area contributed by atoms with E-state index < -0.39 is 18.4 Å². The summed E-state index contributed by atoms with van der Waals surface area (Å²) in [4.78, 5) is 18.3. The summed E-state index contributed by atoms with van der Waals surface area (Å²) < 4.78 is 48.2. The Hall–Kier alpha value is -1.71. The molecule has 1 aromatic rings. The number of nitrogens with zero attached hydrogens (tertiary/aromatic N) is 3. The SMILES string of the molecule is CC(OC(=O)N1CCC2(CCN(Cc3ccc(Cl)cc3N3CCOCC3)C2)CC1)C(F)(F)F. The number of benzene rings is 1. The third kappa shape index (κ3) is 5.87. The van der Waals surface area contributed by atoms with Crippen molar-refractivity contribution < 1.29 is 27.4 Å². The molecule has 184 valence electrons. The molecule has 0 aliphatic carbocycles. The van der Waals surface area contributed by atoms with Crippen LogP contribution >= 0.6 is 11.6 Å². The van der Waals surface area contributed by atoms with Crippen LogP contribution in [0, 0.1) is 5.41 Å². The number of anilines is 1. The Bertz CT molecular complexity index is 840. The summed E-state index contributed by atoms with van der Waals surface area (Å²) in [5.41, 5.74) is 2.49. The summed E-state index contributed by atoms with van der Waals surface area (Å²) in [6.45, 7) is 7.51. The van der Waals surface area contributed by atoms with E-state index in [2.05, 4.69) is 20.6 Å². The van der Waals surface area contributed by atoms with Gasteiger partial charge < -0.3 is 19.3 Å². The van der Waals surface area contributed by atoms with Crippen LogP contribution in [0.25, 0.3) is 0 Å². The summed E-state index contributed by atoms with van der Waals surface area (Å²) in [6.07, 6.45) is -4.94. The number of hydrogen-bond acceptors (Lipinski definition) is 5. The van der Waals surface area contributed by atoms with Crippen LogP contribution in [0.5, 0.6) is 0 Å². The van der Waals surface area contributed by atoms with Crippen molar-refractivity contribution in [2.75, 3.05) is 57.4 Å².